The van der Waals surface area contributed by atoms with Gasteiger partial charge in [-0.3, -0.25) is 0 Å². The van der Waals surface area contributed by atoms with Crippen LogP contribution in [0.4, 0.5) is 0 Å². The number of hydrogen-bond donors (Lipinski definition) is 2. The average molecular weight is 379 g/mol. The summed E-state index contributed by atoms with van der Waals surface area (Å²) in [6, 6.07) is 2.60. The van der Waals surface area contributed by atoms with Gasteiger partial charge in [0.05, 0.1) is 18.1 Å². The predicted molar refractivity (Wildman–Crippen MR) is 104 cm³/mol. The quantitative estimate of drug-likeness (QED) is 0.604. The van der Waals surface area contributed by atoms with E-state index in [0.29, 0.717) is 30.6 Å². The van der Waals surface area contributed by atoms with E-state index in [1.165, 1.54) is 31.2 Å². The Morgan fingerprint density at radius 3 is 2.81 bits per heavy atom. The highest BCUT2D eigenvalue weighted by atomic mass is 32.2. The van der Waals surface area contributed by atoms with Crippen molar-refractivity contribution >= 4 is 15.8 Å². The van der Waals surface area contributed by atoms with Crippen LogP contribution in [0.3, 0.4) is 0 Å². The van der Waals surface area contributed by atoms with Crippen molar-refractivity contribution in [2.24, 2.45) is 29.8 Å². The Balaban J connectivity index is 1.38. The Morgan fingerprint density at radius 1 is 1.31 bits per heavy atom. The molecule has 0 spiro atoms. The highest BCUT2D eigenvalue weighted by Gasteiger charge is 2.40. The third kappa shape index (κ3) is 4.24. The summed E-state index contributed by atoms with van der Waals surface area (Å²) in [6.45, 7) is 1.32. The summed E-state index contributed by atoms with van der Waals surface area (Å²) in [6.07, 6.45) is 10.2. The van der Waals surface area contributed by atoms with E-state index in [1.54, 1.807) is 0 Å². The van der Waals surface area contributed by atoms with Crippen molar-refractivity contribution in [3.05, 3.63) is 24.0 Å². The molecule has 1 saturated heterocycles. The maximum Gasteiger partial charge on any atom is 0.191 e. The number of aryl methyl sites for hydroxylation is 1. The Labute approximate surface area is 156 Å². The minimum Gasteiger partial charge on any atom is -0.357 e. The van der Waals surface area contributed by atoms with Crippen molar-refractivity contribution in [3.8, 4) is 0 Å². The van der Waals surface area contributed by atoms with Gasteiger partial charge >= 0.3 is 0 Å². The van der Waals surface area contributed by atoms with Crippen LogP contribution in [0.1, 0.15) is 37.7 Å². The smallest absolute Gasteiger partial charge is 0.191 e. The van der Waals surface area contributed by atoms with Crippen LogP contribution in [0.5, 0.6) is 0 Å². The van der Waals surface area contributed by atoms with Gasteiger partial charge in [0.2, 0.25) is 0 Å². The van der Waals surface area contributed by atoms with Gasteiger partial charge in [-0.1, -0.05) is 6.42 Å². The minimum absolute atomic E-state index is 0.198. The molecule has 4 unspecified atom stereocenters. The maximum atomic E-state index is 11.7. The van der Waals surface area contributed by atoms with Gasteiger partial charge in [0.15, 0.2) is 15.8 Å². The number of sulfone groups is 1. The number of nitrogens with zero attached hydrogens (tertiary/aromatic N) is 2. The van der Waals surface area contributed by atoms with Crippen LogP contribution in [0.15, 0.2) is 23.5 Å². The van der Waals surface area contributed by atoms with Crippen molar-refractivity contribution in [1.29, 1.82) is 0 Å². The van der Waals surface area contributed by atoms with Crippen LogP contribution in [-0.4, -0.2) is 43.0 Å². The number of hydrogen-bond acceptors (Lipinski definition) is 3. The lowest BCUT2D eigenvalue weighted by molar-refractivity contribution is 0.386. The maximum absolute atomic E-state index is 11.7. The molecule has 2 heterocycles. The largest absolute Gasteiger partial charge is 0.357 e. The van der Waals surface area contributed by atoms with E-state index in [0.717, 1.165) is 24.2 Å². The summed E-state index contributed by atoms with van der Waals surface area (Å²) in [5, 5.41) is 7.08. The summed E-state index contributed by atoms with van der Waals surface area (Å²) in [7, 11) is -0.814. The van der Waals surface area contributed by atoms with E-state index < -0.39 is 9.84 Å². The third-order valence-electron chi connectivity index (χ3n) is 6.26. The number of guanidine groups is 1. The zero-order valence-electron chi connectivity index (χ0n) is 15.5. The molecule has 144 valence electrons. The van der Waals surface area contributed by atoms with E-state index in [-0.39, 0.29) is 5.92 Å². The van der Waals surface area contributed by atoms with Gasteiger partial charge in [-0.25, -0.2) is 13.4 Å². The molecule has 2 bridgehead atoms. The van der Waals surface area contributed by atoms with E-state index >= 15 is 0 Å². The van der Waals surface area contributed by atoms with Gasteiger partial charge in [0, 0.05) is 32.0 Å². The van der Waals surface area contributed by atoms with E-state index in [2.05, 4.69) is 22.9 Å². The van der Waals surface area contributed by atoms with E-state index in [9.17, 15) is 8.42 Å². The monoisotopic (exact) mass is 378 g/mol. The molecule has 2 N–H and O–H groups in total. The van der Waals surface area contributed by atoms with Gasteiger partial charge in [-0.15, -0.1) is 0 Å². The molecule has 1 aromatic rings. The average Bonchev–Trinajstić information content (AvgIpc) is 3.35. The van der Waals surface area contributed by atoms with Crippen LogP contribution in [0.25, 0.3) is 0 Å². The first-order valence-electron chi connectivity index (χ1n) is 9.83. The van der Waals surface area contributed by atoms with Gasteiger partial charge in [-0.05, 0) is 55.1 Å². The number of fused-ring (bicyclic) bond motifs is 2. The van der Waals surface area contributed by atoms with Gasteiger partial charge in [0.25, 0.3) is 0 Å². The Kier molecular flexibility index (Phi) is 4.99. The highest BCUT2D eigenvalue weighted by Crippen LogP contribution is 2.44. The molecule has 4 rings (SSSR count). The molecular formula is C19H30N4O2S. The van der Waals surface area contributed by atoms with Crippen molar-refractivity contribution in [1.82, 2.24) is 15.2 Å². The first-order valence-corrected chi connectivity index (χ1v) is 11.6. The first kappa shape index (κ1) is 17.9. The Bertz CT molecular complexity index is 770. The lowest BCUT2D eigenvalue weighted by Crippen LogP contribution is -2.47. The molecule has 0 amide bonds. The predicted octanol–water partition coefficient (Wildman–Crippen LogP) is 1.68. The number of nitrogens with one attached hydrogen (secondary N) is 2. The second-order valence-electron chi connectivity index (χ2n) is 8.43. The number of aromatic nitrogens is 1. The Hall–Kier alpha value is -1.50. The molecule has 6 nitrogen and oxygen atoms in total. The topological polar surface area (TPSA) is 75.5 Å². The molecule has 4 atom stereocenters. The minimum atomic E-state index is -2.83. The highest BCUT2D eigenvalue weighted by molar-refractivity contribution is 7.91. The van der Waals surface area contributed by atoms with Gasteiger partial charge in [-0.2, -0.15) is 0 Å². The molecule has 7 heteroatoms. The molecule has 3 aliphatic rings. The van der Waals surface area contributed by atoms with Gasteiger partial charge in [0.1, 0.15) is 0 Å². The SMILES string of the molecule is Cn1ccc(CN=C(NCC2CCS(=O)(=O)C2)NC2CC3CCC2C3)c1. The molecule has 3 fully saturated rings. The summed E-state index contributed by atoms with van der Waals surface area (Å²) >= 11 is 0. The second-order valence-corrected chi connectivity index (χ2v) is 10.7. The van der Waals surface area contributed by atoms with E-state index in [1.807, 2.05) is 17.8 Å². The molecule has 0 radical (unpaired) electrons. The fraction of sp³-hybridized carbons (Fsp3) is 0.737. The molecule has 2 saturated carbocycles. The van der Waals surface area contributed by atoms with Crippen LogP contribution in [0.2, 0.25) is 0 Å². The number of aliphatic imine (C=N–C) groups is 1. The first-order chi connectivity index (χ1) is 12.5. The molecule has 2 aliphatic carbocycles. The van der Waals surface area contributed by atoms with Crippen LogP contribution < -0.4 is 10.6 Å². The fourth-order valence-corrected chi connectivity index (χ4v) is 6.71. The lowest BCUT2D eigenvalue weighted by atomic mass is 9.95. The Morgan fingerprint density at radius 2 is 2.19 bits per heavy atom. The summed E-state index contributed by atoms with van der Waals surface area (Å²) in [5.41, 5.74) is 1.19. The molecule has 1 aliphatic heterocycles. The van der Waals surface area contributed by atoms with Crippen molar-refractivity contribution in [3.63, 3.8) is 0 Å². The number of rotatable bonds is 5. The zero-order valence-corrected chi connectivity index (χ0v) is 16.3. The lowest BCUT2D eigenvalue weighted by Gasteiger charge is -2.25. The third-order valence-corrected chi connectivity index (χ3v) is 8.10. The van der Waals surface area contributed by atoms with Crippen molar-refractivity contribution < 1.29 is 8.42 Å². The molecule has 1 aromatic heterocycles. The van der Waals surface area contributed by atoms with Crippen LogP contribution >= 0.6 is 0 Å². The fourth-order valence-electron chi connectivity index (χ4n) is 4.85. The molecular weight excluding hydrogens is 348 g/mol. The van der Waals surface area contributed by atoms with Crippen molar-refractivity contribution in [2.75, 3.05) is 18.1 Å². The van der Waals surface area contributed by atoms with Crippen LogP contribution in [0, 0.1) is 17.8 Å². The zero-order chi connectivity index (χ0) is 18.1. The van der Waals surface area contributed by atoms with Crippen molar-refractivity contribution in [2.45, 2.75) is 44.7 Å². The molecule has 26 heavy (non-hydrogen) atoms. The standard InChI is InChI=1S/C19H30N4O2S/c1-23-6-4-15(12-23)10-20-19(21-11-16-5-7-26(24,25)13-16)22-18-9-14-2-3-17(18)8-14/h4,6,12,14,16-18H,2-3,5,7-11,13H2,1H3,(H2,20,21,22). The summed E-state index contributed by atoms with van der Waals surface area (Å²) in [5.74, 6) is 3.33. The van der Waals surface area contributed by atoms with Crippen LogP contribution in [-0.2, 0) is 23.4 Å². The summed E-state index contributed by atoms with van der Waals surface area (Å²) < 4.78 is 25.4. The molecule has 0 aromatic carbocycles. The second kappa shape index (κ2) is 7.25. The van der Waals surface area contributed by atoms with E-state index in [4.69, 9.17) is 4.99 Å². The summed E-state index contributed by atoms with van der Waals surface area (Å²) in [4.78, 5) is 4.78. The normalized spacial score (nSPS) is 32.9. The van der Waals surface area contributed by atoms with Gasteiger partial charge < -0.3 is 15.2 Å².